The Hall–Kier alpha value is -4.89. The van der Waals surface area contributed by atoms with Gasteiger partial charge in [0.15, 0.2) is 0 Å². The van der Waals surface area contributed by atoms with Crippen molar-refractivity contribution in [1.29, 1.82) is 0 Å². The number of imidazole rings is 1. The molecule has 0 radical (unpaired) electrons. The monoisotopic (exact) mass is 563 g/mol. The number of rotatable bonds is 6. The van der Waals surface area contributed by atoms with Gasteiger partial charge < -0.3 is 9.30 Å². The summed E-state index contributed by atoms with van der Waals surface area (Å²) in [7, 11) is 0. The van der Waals surface area contributed by atoms with Crippen molar-refractivity contribution in [3.8, 4) is 22.4 Å². The van der Waals surface area contributed by atoms with Crippen molar-refractivity contribution in [1.82, 2.24) is 19.2 Å². The van der Waals surface area contributed by atoms with Crippen molar-refractivity contribution in [3.63, 3.8) is 0 Å². The second kappa shape index (κ2) is 11.2. The van der Waals surface area contributed by atoms with Crippen molar-refractivity contribution in [2.45, 2.75) is 20.4 Å². The highest BCUT2D eigenvalue weighted by molar-refractivity contribution is 5.94. The fourth-order valence-corrected chi connectivity index (χ4v) is 5.55. The van der Waals surface area contributed by atoms with Gasteiger partial charge in [-0.2, -0.15) is 0 Å². The number of pyridine rings is 1. The second-order valence-electron chi connectivity index (χ2n) is 10.7. The maximum atomic E-state index is 14.2. The van der Waals surface area contributed by atoms with E-state index in [0.29, 0.717) is 32.7 Å². The zero-order chi connectivity index (χ0) is 29.4. The number of non-ortho nitro benzene ring substituents is 1. The highest BCUT2D eigenvalue weighted by Crippen LogP contribution is 2.31. The molecule has 3 aromatic carbocycles. The molecule has 0 aliphatic carbocycles. The molecule has 42 heavy (non-hydrogen) atoms. The van der Waals surface area contributed by atoms with E-state index in [1.54, 1.807) is 29.2 Å². The largest absolute Gasteiger partial charge is 0.336 e. The third-order valence-corrected chi connectivity index (χ3v) is 7.91. The number of aromatic nitrogens is 2. The molecule has 0 spiro atoms. The Labute approximate surface area is 242 Å². The molecular formula is C33H30FN5O3. The second-order valence-corrected chi connectivity index (χ2v) is 10.7. The molecule has 0 saturated carbocycles. The number of benzene rings is 3. The third-order valence-electron chi connectivity index (χ3n) is 7.91. The minimum Gasteiger partial charge on any atom is -0.336 e. The van der Waals surface area contributed by atoms with Crippen LogP contribution in [0, 0.1) is 29.8 Å². The Morgan fingerprint density at radius 3 is 2.36 bits per heavy atom. The lowest BCUT2D eigenvalue weighted by Gasteiger charge is -2.34. The molecular weight excluding hydrogens is 533 g/mol. The van der Waals surface area contributed by atoms with Crippen LogP contribution in [0.5, 0.6) is 0 Å². The number of carbonyl (C=O) groups excluding carboxylic acids is 1. The molecule has 1 aliphatic heterocycles. The lowest BCUT2D eigenvalue weighted by molar-refractivity contribution is -0.384. The standard InChI is InChI=1S/C33H30FN5O3/c1-22-7-8-23(2)28(19-22)25-11-14-31-35-32(24-9-12-26(13-10-24)39(41)42)30(38(31)20-25)21-36-15-17-37(18-16-36)33(40)27-5-3-4-6-29(27)34/h3-14,19-20H,15-18,21H2,1-2H3. The molecule has 1 aliphatic rings. The van der Waals surface area contributed by atoms with Gasteiger partial charge >= 0.3 is 0 Å². The van der Waals surface area contributed by atoms with Gasteiger partial charge in [0.25, 0.3) is 11.6 Å². The minimum atomic E-state index is -0.511. The third kappa shape index (κ3) is 5.26. The van der Waals surface area contributed by atoms with Gasteiger partial charge in [-0.25, -0.2) is 9.37 Å². The van der Waals surface area contributed by atoms with E-state index in [0.717, 1.165) is 33.7 Å². The maximum absolute atomic E-state index is 14.2. The van der Waals surface area contributed by atoms with Crippen LogP contribution in [-0.2, 0) is 6.54 Å². The van der Waals surface area contributed by atoms with Crippen LogP contribution in [0.25, 0.3) is 28.0 Å². The van der Waals surface area contributed by atoms with Gasteiger partial charge in [-0.3, -0.25) is 19.8 Å². The number of carbonyl (C=O) groups is 1. The predicted octanol–water partition coefficient (Wildman–Crippen LogP) is 6.29. The number of nitrogens with zero attached hydrogens (tertiary/aromatic N) is 5. The van der Waals surface area contributed by atoms with Crippen LogP contribution in [0.3, 0.4) is 0 Å². The highest BCUT2D eigenvalue weighted by Gasteiger charge is 2.26. The lowest BCUT2D eigenvalue weighted by Crippen LogP contribution is -2.48. The van der Waals surface area contributed by atoms with Crippen molar-refractivity contribution in [3.05, 3.63) is 123 Å². The SMILES string of the molecule is Cc1ccc(C)c(-c2ccc3nc(-c4ccc([N+](=O)[O-])cc4)c(CN4CCN(C(=O)c5ccccc5F)CC4)n3c2)c1. The van der Waals surface area contributed by atoms with E-state index in [2.05, 4.69) is 53.6 Å². The predicted molar refractivity (Wildman–Crippen MR) is 160 cm³/mol. The number of amides is 1. The number of nitro benzene ring substituents is 1. The van der Waals surface area contributed by atoms with Gasteiger partial charge in [0, 0.05) is 56.6 Å². The number of hydrogen-bond acceptors (Lipinski definition) is 5. The number of aryl methyl sites for hydroxylation is 2. The molecule has 0 N–H and O–H groups in total. The normalized spacial score (nSPS) is 13.9. The number of piperazine rings is 1. The van der Waals surface area contributed by atoms with Gasteiger partial charge in [-0.1, -0.05) is 35.9 Å². The first-order valence-electron chi connectivity index (χ1n) is 13.9. The smallest absolute Gasteiger partial charge is 0.269 e. The highest BCUT2D eigenvalue weighted by atomic mass is 19.1. The Bertz CT molecular complexity index is 1810. The number of nitro groups is 1. The first-order valence-corrected chi connectivity index (χ1v) is 13.9. The molecule has 6 rings (SSSR count). The summed E-state index contributed by atoms with van der Waals surface area (Å²) in [6, 6.07) is 23.0. The van der Waals surface area contributed by atoms with Crippen LogP contribution in [0.1, 0.15) is 27.2 Å². The van der Waals surface area contributed by atoms with Crippen LogP contribution < -0.4 is 0 Å². The molecule has 1 amide bonds. The summed E-state index contributed by atoms with van der Waals surface area (Å²) in [5.41, 5.74) is 7.97. The van der Waals surface area contributed by atoms with Crippen molar-refractivity contribution in [2.75, 3.05) is 26.2 Å². The molecule has 0 atom stereocenters. The zero-order valence-corrected chi connectivity index (χ0v) is 23.5. The number of hydrogen-bond donors (Lipinski definition) is 0. The van der Waals surface area contributed by atoms with Crippen LogP contribution in [-0.4, -0.2) is 56.2 Å². The maximum Gasteiger partial charge on any atom is 0.269 e. The topological polar surface area (TPSA) is 84.0 Å². The van der Waals surface area contributed by atoms with E-state index in [4.69, 9.17) is 4.98 Å². The summed E-state index contributed by atoms with van der Waals surface area (Å²) in [4.78, 5) is 32.7. The van der Waals surface area contributed by atoms with Gasteiger partial charge in [0.2, 0.25) is 0 Å². The molecule has 2 aromatic heterocycles. The molecule has 9 heteroatoms. The van der Waals surface area contributed by atoms with E-state index < -0.39 is 10.7 Å². The van der Waals surface area contributed by atoms with E-state index in [9.17, 15) is 19.3 Å². The summed E-state index contributed by atoms with van der Waals surface area (Å²) >= 11 is 0. The molecule has 212 valence electrons. The summed E-state index contributed by atoms with van der Waals surface area (Å²) < 4.78 is 16.3. The molecule has 5 aromatic rings. The van der Waals surface area contributed by atoms with Crippen molar-refractivity contribution in [2.24, 2.45) is 0 Å². The minimum absolute atomic E-state index is 0.0249. The molecule has 8 nitrogen and oxygen atoms in total. The average Bonchev–Trinajstić information content (AvgIpc) is 3.36. The molecule has 3 heterocycles. The molecule has 1 saturated heterocycles. The van der Waals surface area contributed by atoms with Crippen molar-refractivity contribution >= 4 is 17.2 Å². The Morgan fingerprint density at radius 1 is 0.929 bits per heavy atom. The fraction of sp³-hybridized carbons (Fsp3) is 0.212. The van der Waals surface area contributed by atoms with E-state index in [1.165, 1.54) is 35.4 Å². The van der Waals surface area contributed by atoms with Gasteiger partial charge in [-0.05, 0) is 66.9 Å². The van der Waals surface area contributed by atoms with E-state index in [-0.39, 0.29) is 17.2 Å². The Morgan fingerprint density at radius 2 is 1.64 bits per heavy atom. The average molecular weight is 564 g/mol. The summed E-state index contributed by atoms with van der Waals surface area (Å²) in [6.07, 6.45) is 2.10. The van der Waals surface area contributed by atoms with Crippen LogP contribution in [0.2, 0.25) is 0 Å². The van der Waals surface area contributed by atoms with Gasteiger partial charge in [0.05, 0.1) is 21.9 Å². The zero-order valence-electron chi connectivity index (χ0n) is 23.5. The number of fused-ring (bicyclic) bond motifs is 1. The molecule has 0 bridgehead atoms. The first kappa shape index (κ1) is 27.3. The summed E-state index contributed by atoms with van der Waals surface area (Å²) in [6.45, 7) is 6.92. The number of halogens is 1. The van der Waals surface area contributed by atoms with E-state index in [1.807, 2.05) is 6.07 Å². The Kier molecular flexibility index (Phi) is 7.26. The summed E-state index contributed by atoms with van der Waals surface area (Å²) in [5.74, 6) is -0.810. The fourth-order valence-electron chi connectivity index (χ4n) is 5.55. The van der Waals surface area contributed by atoms with Crippen molar-refractivity contribution < 1.29 is 14.1 Å². The van der Waals surface area contributed by atoms with Crippen LogP contribution >= 0.6 is 0 Å². The quantitative estimate of drug-likeness (QED) is 0.179. The van der Waals surface area contributed by atoms with Crippen LogP contribution in [0.4, 0.5) is 10.1 Å². The summed E-state index contributed by atoms with van der Waals surface area (Å²) in [5, 5.41) is 11.3. The van der Waals surface area contributed by atoms with Gasteiger partial charge in [0.1, 0.15) is 11.5 Å². The van der Waals surface area contributed by atoms with Crippen LogP contribution in [0.15, 0.2) is 85.1 Å². The molecule has 0 unspecified atom stereocenters. The Balaban J connectivity index is 1.33. The van der Waals surface area contributed by atoms with Gasteiger partial charge in [-0.15, -0.1) is 0 Å². The molecule has 1 fully saturated rings. The van der Waals surface area contributed by atoms with E-state index >= 15 is 0 Å². The lowest BCUT2D eigenvalue weighted by atomic mass is 10.00. The first-order chi connectivity index (χ1) is 20.3.